The Morgan fingerprint density at radius 1 is 1.13 bits per heavy atom. The number of aromatic nitrogens is 2. The van der Waals surface area contributed by atoms with E-state index >= 15 is 0 Å². The number of anilines is 1. The largest absolute Gasteiger partial charge is 0.355 e. The lowest BCUT2D eigenvalue weighted by molar-refractivity contribution is -0.147. The number of piperidine rings is 2. The van der Waals surface area contributed by atoms with Crippen molar-refractivity contribution in [3.8, 4) is 0 Å². The van der Waals surface area contributed by atoms with E-state index < -0.39 is 0 Å². The number of nitrogens with one attached hydrogen (secondary N) is 1. The van der Waals surface area contributed by atoms with Gasteiger partial charge < -0.3 is 15.2 Å². The lowest BCUT2D eigenvalue weighted by Gasteiger charge is -2.46. The average molecular weight is 415 g/mol. The maximum absolute atomic E-state index is 13.5. The molecule has 0 bridgehead atoms. The maximum Gasteiger partial charge on any atom is 0.229 e. The topological polar surface area (TPSA) is 85.5 Å². The first-order valence-electron chi connectivity index (χ1n) is 10.9. The summed E-state index contributed by atoms with van der Waals surface area (Å²) in [5.41, 5.74) is 3.07. The van der Waals surface area contributed by atoms with Gasteiger partial charge in [0, 0.05) is 44.2 Å². The number of fused-ring (bicyclic) bond motifs is 1. The van der Waals surface area contributed by atoms with E-state index in [9.17, 15) is 4.79 Å². The predicted octanol–water partition coefficient (Wildman–Crippen LogP) is 3.38. The number of benzene rings is 1. The van der Waals surface area contributed by atoms with E-state index in [4.69, 9.17) is 10.4 Å². The number of rotatable bonds is 4. The maximum atomic E-state index is 13.5. The van der Waals surface area contributed by atoms with Gasteiger partial charge in [0.05, 0.1) is 28.3 Å². The van der Waals surface area contributed by atoms with Crippen molar-refractivity contribution in [2.45, 2.75) is 25.7 Å². The number of nitrogens with zero attached hydrogens (tertiary/aromatic N) is 5. The Morgan fingerprint density at radius 3 is 2.68 bits per heavy atom. The molecule has 31 heavy (non-hydrogen) atoms. The van der Waals surface area contributed by atoms with Crippen LogP contribution in [0.15, 0.2) is 58.9 Å². The molecule has 2 saturated heterocycles. The second kappa shape index (κ2) is 8.06. The van der Waals surface area contributed by atoms with Crippen LogP contribution in [-0.4, -0.2) is 59.4 Å². The molecule has 1 spiro atoms. The quantitative estimate of drug-likeness (QED) is 0.777. The van der Waals surface area contributed by atoms with Crippen molar-refractivity contribution >= 4 is 35.2 Å². The molecule has 1 amide bonds. The summed E-state index contributed by atoms with van der Waals surface area (Å²) in [4.78, 5) is 31.3. The summed E-state index contributed by atoms with van der Waals surface area (Å²) < 4.78 is 0. The molecule has 5 rings (SSSR count). The highest BCUT2D eigenvalue weighted by atomic mass is 16.2. The van der Waals surface area contributed by atoms with Crippen molar-refractivity contribution in [1.29, 1.82) is 5.41 Å². The molecule has 158 valence electrons. The van der Waals surface area contributed by atoms with Gasteiger partial charge in [-0.2, -0.15) is 0 Å². The average Bonchev–Trinajstić information content (AvgIpc) is 3.35. The Morgan fingerprint density at radius 2 is 1.94 bits per heavy atom. The molecule has 4 heterocycles. The number of carbonyl (C=O) groups excluding carboxylic acids is 1. The van der Waals surface area contributed by atoms with Crippen LogP contribution in [0, 0.1) is 10.8 Å². The molecule has 2 fully saturated rings. The molecule has 0 radical (unpaired) electrons. The molecule has 0 unspecified atom stereocenters. The monoisotopic (exact) mass is 414 g/mol. The molecule has 1 aromatic heterocycles. The molecular weight excluding hydrogens is 388 g/mol. The molecule has 0 aliphatic carbocycles. The number of carbonyl (C=O) groups is 1. The Hall–Kier alpha value is -3.35. The summed E-state index contributed by atoms with van der Waals surface area (Å²) >= 11 is 0. The zero-order chi connectivity index (χ0) is 21.3. The standard InChI is InChI=1S/C24H26N6O/c25-15-18(19-7-3-11-26-19)17-30-12-4-8-24(23(30)31)9-13-29(14-10-24)22-16-27-20-5-1-2-6-21(20)28-22/h1-3,5-7,11,15-16,25H,4,8-10,12-14,17H2. The summed E-state index contributed by atoms with van der Waals surface area (Å²) in [7, 11) is 0. The van der Waals surface area contributed by atoms with Crippen LogP contribution in [0.3, 0.4) is 0 Å². The lowest BCUT2D eigenvalue weighted by Crippen LogP contribution is -2.54. The zero-order valence-electron chi connectivity index (χ0n) is 17.5. The zero-order valence-corrected chi connectivity index (χ0v) is 17.5. The molecule has 1 aromatic carbocycles. The fourth-order valence-corrected chi connectivity index (χ4v) is 4.93. The third kappa shape index (κ3) is 3.65. The number of likely N-dealkylation sites (tertiary alicyclic amines) is 1. The second-order valence-corrected chi connectivity index (χ2v) is 8.51. The molecule has 7 nitrogen and oxygen atoms in total. The Balaban J connectivity index is 1.30. The highest BCUT2D eigenvalue weighted by Crippen LogP contribution is 2.42. The van der Waals surface area contributed by atoms with Gasteiger partial charge in [0.25, 0.3) is 0 Å². The first-order valence-corrected chi connectivity index (χ1v) is 10.9. The lowest BCUT2D eigenvalue weighted by atomic mass is 9.71. The van der Waals surface area contributed by atoms with E-state index in [1.807, 2.05) is 47.5 Å². The Bertz CT molecular complexity index is 1100. The van der Waals surface area contributed by atoms with Gasteiger partial charge in [-0.3, -0.25) is 14.8 Å². The van der Waals surface area contributed by atoms with E-state index in [2.05, 4.69) is 14.9 Å². The normalized spacial score (nSPS) is 21.9. The van der Waals surface area contributed by atoms with Crippen LogP contribution in [0.25, 0.3) is 11.0 Å². The van der Waals surface area contributed by atoms with Gasteiger partial charge in [-0.05, 0) is 50.0 Å². The van der Waals surface area contributed by atoms with Gasteiger partial charge in [0.2, 0.25) is 5.91 Å². The van der Waals surface area contributed by atoms with Crippen LogP contribution in [0.4, 0.5) is 5.82 Å². The first-order chi connectivity index (χ1) is 15.2. The van der Waals surface area contributed by atoms with E-state index in [1.165, 1.54) is 6.21 Å². The van der Waals surface area contributed by atoms with Crippen molar-refractivity contribution in [2.24, 2.45) is 10.4 Å². The van der Waals surface area contributed by atoms with Crippen molar-refractivity contribution in [3.05, 3.63) is 53.9 Å². The van der Waals surface area contributed by atoms with Crippen LogP contribution in [0.1, 0.15) is 25.7 Å². The second-order valence-electron chi connectivity index (χ2n) is 8.51. The van der Waals surface area contributed by atoms with Crippen molar-refractivity contribution in [1.82, 2.24) is 14.9 Å². The molecule has 7 heteroatoms. The van der Waals surface area contributed by atoms with E-state index in [0.29, 0.717) is 6.54 Å². The fourth-order valence-electron chi connectivity index (χ4n) is 4.93. The Kier molecular flexibility index (Phi) is 5.10. The highest BCUT2D eigenvalue weighted by Gasteiger charge is 2.45. The summed E-state index contributed by atoms with van der Waals surface area (Å²) in [6.07, 6.45) is 12.2. The number of para-hydroxylation sites is 2. The van der Waals surface area contributed by atoms with Gasteiger partial charge in [0.15, 0.2) is 0 Å². The van der Waals surface area contributed by atoms with Gasteiger partial charge in [-0.25, -0.2) is 4.98 Å². The minimum Gasteiger partial charge on any atom is -0.355 e. The molecule has 2 aromatic rings. The summed E-state index contributed by atoms with van der Waals surface area (Å²) in [5.74, 6) is 1.12. The van der Waals surface area contributed by atoms with E-state index in [1.54, 1.807) is 6.21 Å². The fraction of sp³-hybridized carbons (Fsp3) is 0.375. The van der Waals surface area contributed by atoms with Gasteiger partial charge >= 0.3 is 0 Å². The molecule has 1 N–H and O–H groups in total. The number of allylic oxidation sites excluding steroid dienone is 2. The van der Waals surface area contributed by atoms with Crippen molar-refractivity contribution < 1.29 is 4.79 Å². The van der Waals surface area contributed by atoms with Crippen molar-refractivity contribution in [2.75, 3.05) is 31.1 Å². The summed E-state index contributed by atoms with van der Waals surface area (Å²) in [6, 6.07) is 7.90. The smallest absolute Gasteiger partial charge is 0.229 e. The number of aliphatic imine (C=N–C) groups is 1. The number of amides is 1. The number of hydrogen-bond acceptors (Lipinski definition) is 6. The highest BCUT2D eigenvalue weighted by molar-refractivity contribution is 5.88. The van der Waals surface area contributed by atoms with Crippen molar-refractivity contribution in [3.63, 3.8) is 0 Å². The van der Waals surface area contributed by atoms with Crippen LogP contribution in [0.5, 0.6) is 0 Å². The number of hydrogen-bond donors (Lipinski definition) is 1. The third-order valence-electron chi connectivity index (χ3n) is 6.72. The van der Waals surface area contributed by atoms with Gasteiger partial charge in [-0.1, -0.05) is 12.1 Å². The molecule has 0 saturated carbocycles. The molecule has 3 aliphatic rings. The molecular formula is C24H26N6O. The van der Waals surface area contributed by atoms with Crippen LogP contribution >= 0.6 is 0 Å². The summed E-state index contributed by atoms with van der Waals surface area (Å²) in [5, 5.41) is 7.78. The van der Waals surface area contributed by atoms with Gasteiger partial charge in [-0.15, -0.1) is 0 Å². The predicted molar refractivity (Wildman–Crippen MR) is 123 cm³/mol. The van der Waals surface area contributed by atoms with Crippen LogP contribution in [-0.2, 0) is 4.79 Å². The van der Waals surface area contributed by atoms with Crippen LogP contribution < -0.4 is 4.90 Å². The minimum absolute atomic E-state index is 0.230. The summed E-state index contributed by atoms with van der Waals surface area (Å²) in [6.45, 7) is 2.82. The molecule has 3 aliphatic heterocycles. The van der Waals surface area contributed by atoms with Gasteiger partial charge in [0.1, 0.15) is 5.82 Å². The Labute approximate surface area is 181 Å². The van der Waals surface area contributed by atoms with E-state index in [0.717, 1.165) is 73.4 Å². The third-order valence-corrected chi connectivity index (χ3v) is 6.72. The molecule has 0 atom stereocenters. The van der Waals surface area contributed by atoms with Crippen LogP contribution in [0.2, 0.25) is 0 Å². The SMILES string of the molecule is N=CC(CN1CCCC2(CCN(c3cnc4ccccc4n3)CC2)C1=O)=C1C=CC=N1. The first kappa shape index (κ1) is 19.6. The van der Waals surface area contributed by atoms with E-state index in [-0.39, 0.29) is 11.3 Å². The minimum atomic E-state index is -0.300.